The van der Waals surface area contributed by atoms with E-state index in [1.165, 1.54) is 0 Å². The van der Waals surface area contributed by atoms with Crippen LogP contribution in [0.1, 0.15) is 12.0 Å². The van der Waals surface area contributed by atoms with E-state index in [9.17, 15) is 9.59 Å². The molecule has 3 nitrogen and oxygen atoms in total. The molecule has 0 unspecified atom stereocenters. The Morgan fingerprint density at radius 2 is 1.87 bits per heavy atom. The van der Waals surface area contributed by atoms with Gasteiger partial charge in [-0.2, -0.15) is 0 Å². The van der Waals surface area contributed by atoms with Crippen LogP contribution in [0.3, 0.4) is 0 Å². The predicted molar refractivity (Wildman–Crippen MR) is 59.9 cm³/mol. The number of hydrogen-bond donors (Lipinski definition) is 1. The van der Waals surface area contributed by atoms with Crippen molar-refractivity contribution in [2.75, 3.05) is 0 Å². The lowest BCUT2D eigenvalue weighted by Gasteiger charge is -1.95. The third-order valence-electron chi connectivity index (χ3n) is 2.11. The van der Waals surface area contributed by atoms with Crippen LogP contribution in [-0.2, 0) is 9.59 Å². The van der Waals surface area contributed by atoms with Crippen molar-refractivity contribution < 1.29 is 9.59 Å². The Labute approximate surface area is 95.3 Å². The quantitative estimate of drug-likeness (QED) is 0.623. The molecule has 1 aromatic carbocycles. The molecule has 76 valence electrons. The second-order valence-corrected chi connectivity index (χ2v) is 4.19. The Kier molecular flexibility index (Phi) is 2.68. The van der Waals surface area contributed by atoms with Crippen LogP contribution >= 0.6 is 15.9 Å². The number of hydrogen-bond acceptors (Lipinski definition) is 2. The number of halogens is 1. The second-order valence-electron chi connectivity index (χ2n) is 3.28. The molecular formula is C11H8BrNO2. The summed E-state index contributed by atoms with van der Waals surface area (Å²) in [4.78, 5) is 22.2. The van der Waals surface area contributed by atoms with E-state index in [-0.39, 0.29) is 18.2 Å². The Hall–Kier alpha value is -1.42. The molecule has 0 radical (unpaired) electrons. The minimum absolute atomic E-state index is 0.175. The zero-order valence-corrected chi connectivity index (χ0v) is 9.37. The van der Waals surface area contributed by atoms with Crippen LogP contribution in [0.4, 0.5) is 0 Å². The number of amides is 2. The molecule has 2 amide bonds. The molecule has 0 atom stereocenters. The summed E-state index contributed by atoms with van der Waals surface area (Å²) in [6.45, 7) is 0. The number of imide groups is 1. The highest BCUT2D eigenvalue weighted by molar-refractivity contribution is 9.10. The molecule has 2 rings (SSSR count). The van der Waals surface area contributed by atoms with E-state index in [0.717, 1.165) is 10.0 Å². The van der Waals surface area contributed by atoms with Crippen molar-refractivity contribution in [2.24, 2.45) is 0 Å². The van der Waals surface area contributed by atoms with E-state index in [1.54, 1.807) is 6.08 Å². The maximum atomic E-state index is 11.2. The molecule has 1 N–H and O–H groups in total. The van der Waals surface area contributed by atoms with Gasteiger partial charge in [-0.1, -0.05) is 28.1 Å². The van der Waals surface area contributed by atoms with Gasteiger partial charge >= 0.3 is 0 Å². The van der Waals surface area contributed by atoms with Crippen LogP contribution in [-0.4, -0.2) is 11.8 Å². The van der Waals surface area contributed by atoms with E-state index >= 15 is 0 Å². The van der Waals surface area contributed by atoms with Crippen LogP contribution in [0.25, 0.3) is 6.08 Å². The Morgan fingerprint density at radius 1 is 1.20 bits per heavy atom. The zero-order valence-electron chi connectivity index (χ0n) is 7.79. The summed E-state index contributed by atoms with van der Waals surface area (Å²) < 4.78 is 0.983. The largest absolute Gasteiger partial charge is 0.292 e. The molecule has 15 heavy (non-hydrogen) atoms. The van der Waals surface area contributed by atoms with Crippen LogP contribution < -0.4 is 5.32 Å². The molecule has 0 aromatic heterocycles. The maximum absolute atomic E-state index is 11.2. The van der Waals surface area contributed by atoms with E-state index in [2.05, 4.69) is 21.2 Å². The fourth-order valence-electron chi connectivity index (χ4n) is 1.38. The van der Waals surface area contributed by atoms with Gasteiger partial charge in [0, 0.05) is 10.0 Å². The van der Waals surface area contributed by atoms with Crippen molar-refractivity contribution in [3.63, 3.8) is 0 Å². The minimum Gasteiger partial charge on any atom is -0.292 e. The smallest absolute Gasteiger partial charge is 0.254 e. The van der Waals surface area contributed by atoms with E-state index < -0.39 is 0 Å². The lowest BCUT2D eigenvalue weighted by molar-refractivity contribution is -0.124. The highest BCUT2D eigenvalue weighted by Crippen LogP contribution is 2.16. The van der Waals surface area contributed by atoms with Crippen molar-refractivity contribution in [3.8, 4) is 0 Å². The lowest BCUT2D eigenvalue weighted by Crippen LogP contribution is -2.19. The highest BCUT2D eigenvalue weighted by Gasteiger charge is 2.23. The fourth-order valence-corrected chi connectivity index (χ4v) is 1.65. The van der Waals surface area contributed by atoms with E-state index in [1.807, 2.05) is 24.3 Å². The number of rotatable bonds is 1. The second kappa shape index (κ2) is 3.98. The maximum Gasteiger partial charge on any atom is 0.254 e. The molecule has 1 heterocycles. The third-order valence-corrected chi connectivity index (χ3v) is 2.64. The van der Waals surface area contributed by atoms with Gasteiger partial charge in [0.2, 0.25) is 5.91 Å². The molecule has 0 aliphatic carbocycles. The average Bonchev–Trinajstić information content (AvgIpc) is 2.49. The van der Waals surface area contributed by atoms with Gasteiger partial charge in [0.05, 0.1) is 6.42 Å². The van der Waals surface area contributed by atoms with Crippen molar-refractivity contribution in [1.29, 1.82) is 0 Å². The first kappa shape index (κ1) is 10.1. The molecule has 1 aliphatic rings. The lowest BCUT2D eigenvalue weighted by atomic mass is 10.1. The SMILES string of the molecule is O=C1CC(=Cc2ccc(Br)cc2)C(=O)N1. The van der Waals surface area contributed by atoms with E-state index in [0.29, 0.717) is 5.57 Å². The van der Waals surface area contributed by atoms with E-state index in [4.69, 9.17) is 0 Å². The Balaban J connectivity index is 2.27. The molecule has 0 spiro atoms. The topological polar surface area (TPSA) is 46.2 Å². The molecule has 1 aliphatic heterocycles. The summed E-state index contributed by atoms with van der Waals surface area (Å²) >= 11 is 3.33. The van der Waals surface area contributed by atoms with Crippen molar-refractivity contribution in [1.82, 2.24) is 5.32 Å². The normalized spacial score (nSPS) is 18.3. The molecule has 0 saturated carbocycles. The van der Waals surface area contributed by atoms with Gasteiger partial charge < -0.3 is 0 Å². The summed E-state index contributed by atoms with van der Waals surface area (Å²) in [5, 5.41) is 2.24. The van der Waals surface area contributed by atoms with Gasteiger partial charge in [-0.25, -0.2) is 0 Å². The standard InChI is InChI=1S/C11H8BrNO2/c12-9-3-1-7(2-4-9)5-8-6-10(14)13-11(8)15/h1-5H,6H2,(H,13,14,15). The summed E-state index contributed by atoms with van der Waals surface area (Å²) in [5.74, 6) is -0.522. The summed E-state index contributed by atoms with van der Waals surface area (Å²) in [6.07, 6.45) is 1.90. The molecule has 1 aromatic rings. The van der Waals surface area contributed by atoms with Crippen LogP contribution in [0.15, 0.2) is 34.3 Å². The van der Waals surface area contributed by atoms with Crippen molar-refractivity contribution in [2.45, 2.75) is 6.42 Å². The minimum atomic E-state index is -0.289. The van der Waals surface area contributed by atoms with Crippen LogP contribution in [0.5, 0.6) is 0 Å². The van der Waals surface area contributed by atoms with Gasteiger partial charge in [0.15, 0.2) is 0 Å². The van der Waals surface area contributed by atoms with Gasteiger partial charge in [0.25, 0.3) is 5.91 Å². The van der Waals surface area contributed by atoms with Crippen molar-refractivity contribution in [3.05, 3.63) is 39.9 Å². The molecular weight excluding hydrogens is 258 g/mol. The summed E-state index contributed by atoms with van der Waals surface area (Å²) in [5.41, 5.74) is 1.43. The van der Waals surface area contributed by atoms with Gasteiger partial charge in [-0.05, 0) is 23.8 Å². The Bertz CT molecular complexity index is 448. The summed E-state index contributed by atoms with van der Waals surface area (Å²) in [6, 6.07) is 7.54. The highest BCUT2D eigenvalue weighted by atomic mass is 79.9. The first-order valence-corrected chi connectivity index (χ1v) is 5.25. The molecule has 0 bridgehead atoms. The van der Waals surface area contributed by atoms with Gasteiger partial charge in [0.1, 0.15) is 0 Å². The fraction of sp³-hybridized carbons (Fsp3) is 0.0909. The van der Waals surface area contributed by atoms with Crippen LogP contribution in [0, 0.1) is 0 Å². The average molecular weight is 266 g/mol. The number of nitrogens with one attached hydrogen (secondary N) is 1. The van der Waals surface area contributed by atoms with Gasteiger partial charge in [-0.15, -0.1) is 0 Å². The van der Waals surface area contributed by atoms with Gasteiger partial charge in [-0.3, -0.25) is 14.9 Å². The molecule has 1 saturated heterocycles. The zero-order chi connectivity index (χ0) is 10.8. The number of carbonyl (C=O) groups is 2. The summed E-state index contributed by atoms with van der Waals surface area (Å²) in [7, 11) is 0. The number of benzene rings is 1. The first-order chi connectivity index (χ1) is 7.15. The predicted octanol–water partition coefficient (Wildman–Crippen LogP) is 1.88. The Morgan fingerprint density at radius 3 is 2.40 bits per heavy atom. The van der Waals surface area contributed by atoms with Crippen LogP contribution in [0.2, 0.25) is 0 Å². The monoisotopic (exact) mass is 265 g/mol. The van der Waals surface area contributed by atoms with Crippen molar-refractivity contribution >= 4 is 33.8 Å². The molecule has 1 fully saturated rings. The first-order valence-electron chi connectivity index (χ1n) is 4.45. The number of carbonyl (C=O) groups excluding carboxylic acids is 2. The molecule has 4 heteroatoms. The third kappa shape index (κ3) is 2.33.